The smallest absolute Gasteiger partial charge is 0.243 e. The summed E-state index contributed by atoms with van der Waals surface area (Å²) in [6, 6.07) is 9.12. The van der Waals surface area contributed by atoms with Crippen molar-refractivity contribution in [2.45, 2.75) is 49.5 Å². The van der Waals surface area contributed by atoms with Gasteiger partial charge < -0.3 is 10.1 Å². The molecule has 2 aliphatic heterocycles. The lowest BCUT2D eigenvalue weighted by Crippen LogP contribution is -2.33. The van der Waals surface area contributed by atoms with Crippen LogP contribution < -0.4 is 10.1 Å². The van der Waals surface area contributed by atoms with Crippen molar-refractivity contribution in [2.75, 3.05) is 38.6 Å². The monoisotopic (exact) mass is 477 g/mol. The standard InChI is InChI=1S/C23H31N3O4S2/c1-30-21-11-10-18(32(28,29)26-13-4-2-3-5-14-26)16-19(21)24-23(27)17-25-12-6-8-20(25)22-9-7-15-31-22/h7,9-11,15-16,20H,2-6,8,12-14,17H2,1H3,(H,24,27)/t20-/m0/s1. The van der Waals surface area contributed by atoms with Gasteiger partial charge in [0.1, 0.15) is 5.75 Å². The Morgan fingerprint density at radius 2 is 1.91 bits per heavy atom. The molecule has 0 unspecified atom stereocenters. The van der Waals surface area contributed by atoms with Gasteiger partial charge in [0.25, 0.3) is 0 Å². The minimum atomic E-state index is -3.61. The van der Waals surface area contributed by atoms with Crippen LogP contribution in [-0.4, -0.2) is 56.8 Å². The zero-order valence-corrected chi connectivity index (χ0v) is 20.1. The zero-order valence-electron chi connectivity index (χ0n) is 18.5. The predicted octanol–water partition coefficient (Wildman–Crippen LogP) is 4.10. The third-order valence-electron chi connectivity index (χ3n) is 6.23. The Morgan fingerprint density at radius 1 is 1.12 bits per heavy atom. The highest BCUT2D eigenvalue weighted by Crippen LogP contribution is 2.34. The maximum Gasteiger partial charge on any atom is 0.243 e. The molecular formula is C23H31N3O4S2. The molecule has 1 atom stereocenters. The molecule has 2 aromatic rings. The predicted molar refractivity (Wildman–Crippen MR) is 127 cm³/mol. The van der Waals surface area contributed by atoms with Crippen LogP contribution >= 0.6 is 11.3 Å². The van der Waals surface area contributed by atoms with E-state index in [1.54, 1.807) is 27.8 Å². The molecule has 9 heteroatoms. The van der Waals surface area contributed by atoms with Crippen LogP contribution in [0.4, 0.5) is 5.69 Å². The Morgan fingerprint density at radius 3 is 2.59 bits per heavy atom. The maximum absolute atomic E-state index is 13.2. The number of nitrogens with zero attached hydrogens (tertiary/aromatic N) is 2. The SMILES string of the molecule is COc1ccc(S(=O)(=O)N2CCCCCC2)cc1NC(=O)CN1CCC[C@H]1c1cccs1. The molecule has 2 aliphatic rings. The number of likely N-dealkylation sites (tertiary alicyclic amines) is 1. The Balaban J connectivity index is 1.49. The molecule has 7 nitrogen and oxygen atoms in total. The molecule has 2 fully saturated rings. The van der Waals surface area contributed by atoms with Crippen LogP contribution in [0, 0.1) is 0 Å². The number of ether oxygens (including phenoxy) is 1. The lowest BCUT2D eigenvalue weighted by Gasteiger charge is -2.23. The van der Waals surface area contributed by atoms with Crippen molar-refractivity contribution >= 4 is 33.0 Å². The van der Waals surface area contributed by atoms with E-state index in [0.29, 0.717) is 24.5 Å². The van der Waals surface area contributed by atoms with Crippen LogP contribution in [0.2, 0.25) is 0 Å². The van der Waals surface area contributed by atoms with Crippen molar-refractivity contribution in [1.29, 1.82) is 0 Å². The number of benzene rings is 1. The number of hydrogen-bond donors (Lipinski definition) is 1. The van der Waals surface area contributed by atoms with E-state index >= 15 is 0 Å². The molecule has 1 aromatic carbocycles. The first kappa shape index (κ1) is 23.2. The van der Waals surface area contributed by atoms with Gasteiger partial charge in [-0.15, -0.1) is 11.3 Å². The quantitative estimate of drug-likeness (QED) is 0.650. The highest BCUT2D eigenvalue weighted by Gasteiger charge is 2.29. The second kappa shape index (κ2) is 10.3. The van der Waals surface area contributed by atoms with Gasteiger partial charge in [-0.1, -0.05) is 18.9 Å². The third-order valence-corrected chi connectivity index (χ3v) is 9.10. The lowest BCUT2D eigenvalue weighted by atomic mass is 10.2. The van der Waals surface area contributed by atoms with Crippen molar-refractivity contribution in [3.8, 4) is 5.75 Å². The fourth-order valence-electron chi connectivity index (χ4n) is 4.57. The second-order valence-electron chi connectivity index (χ2n) is 8.37. The number of methoxy groups -OCH3 is 1. The van der Waals surface area contributed by atoms with Gasteiger partial charge >= 0.3 is 0 Å². The van der Waals surface area contributed by atoms with E-state index in [1.165, 1.54) is 18.1 Å². The van der Waals surface area contributed by atoms with Crippen molar-refractivity contribution < 1.29 is 17.9 Å². The molecule has 4 rings (SSSR count). The molecule has 3 heterocycles. The first-order valence-electron chi connectivity index (χ1n) is 11.2. The molecule has 1 N–H and O–H groups in total. The molecule has 0 spiro atoms. The summed E-state index contributed by atoms with van der Waals surface area (Å²) in [4.78, 5) is 16.5. The van der Waals surface area contributed by atoms with Gasteiger partial charge in [-0.2, -0.15) is 4.31 Å². The minimum absolute atomic E-state index is 0.170. The summed E-state index contributed by atoms with van der Waals surface area (Å²) in [6.07, 6.45) is 5.96. The number of anilines is 1. The average Bonchev–Trinajstić information content (AvgIpc) is 3.39. The van der Waals surface area contributed by atoms with Gasteiger partial charge in [0, 0.05) is 24.0 Å². The Hall–Kier alpha value is -1.94. The van der Waals surface area contributed by atoms with Crippen LogP contribution in [0.25, 0.3) is 0 Å². The van der Waals surface area contributed by atoms with Gasteiger partial charge in [-0.25, -0.2) is 8.42 Å². The van der Waals surface area contributed by atoms with E-state index in [2.05, 4.69) is 21.7 Å². The molecule has 1 amide bonds. The summed E-state index contributed by atoms with van der Waals surface area (Å²) in [5, 5.41) is 4.96. The van der Waals surface area contributed by atoms with Crippen LogP contribution in [0.15, 0.2) is 40.6 Å². The summed E-state index contributed by atoms with van der Waals surface area (Å²) in [5.41, 5.74) is 0.389. The largest absolute Gasteiger partial charge is 0.495 e. The van der Waals surface area contributed by atoms with Crippen molar-refractivity contribution in [2.24, 2.45) is 0 Å². The van der Waals surface area contributed by atoms with Crippen molar-refractivity contribution in [3.63, 3.8) is 0 Å². The second-order valence-corrected chi connectivity index (χ2v) is 11.3. The van der Waals surface area contributed by atoms with E-state index in [0.717, 1.165) is 45.1 Å². The molecule has 174 valence electrons. The number of hydrogen-bond acceptors (Lipinski definition) is 6. The van der Waals surface area contributed by atoms with Crippen LogP contribution in [0.1, 0.15) is 49.4 Å². The number of thiophene rings is 1. The topological polar surface area (TPSA) is 79.0 Å². The molecule has 0 radical (unpaired) electrons. The fraction of sp³-hybridized carbons (Fsp3) is 0.522. The maximum atomic E-state index is 13.2. The van der Waals surface area contributed by atoms with Gasteiger partial charge in [0.2, 0.25) is 15.9 Å². The van der Waals surface area contributed by atoms with Gasteiger partial charge in [-0.05, 0) is 61.9 Å². The van der Waals surface area contributed by atoms with E-state index in [1.807, 2.05) is 6.07 Å². The minimum Gasteiger partial charge on any atom is -0.495 e. The van der Waals surface area contributed by atoms with E-state index in [9.17, 15) is 13.2 Å². The third kappa shape index (κ3) is 5.17. The summed E-state index contributed by atoms with van der Waals surface area (Å²) >= 11 is 1.72. The number of rotatable bonds is 7. The number of carbonyl (C=O) groups excluding carboxylic acids is 1. The van der Waals surface area contributed by atoms with E-state index in [-0.39, 0.29) is 23.4 Å². The normalized spacial score (nSPS) is 20.7. The van der Waals surface area contributed by atoms with Crippen LogP contribution in [-0.2, 0) is 14.8 Å². The number of nitrogens with one attached hydrogen (secondary N) is 1. The van der Waals surface area contributed by atoms with Crippen LogP contribution in [0.3, 0.4) is 0 Å². The summed E-state index contributed by atoms with van der Waals surface area (Å²) in [5.74, 6) is 0.278. The number of amides is 1. The molecule has 32 heavy (non-hydrogen) atoms. The zero-order chi connectivity index (χ0) is 22.6. The van der Waals surface area contributed by atoms with Crippen molar-refractivity contribution in [3.05, 3.63) is 40.6 Å². The molecule has 2 saturated heterocycles. The van der Waals surface area contributed by atoms with Gasteiger partial charge in [0.05, 0.1) is 24.2 Å². The fourth-order valence-corrected chi connectivity index (χ4v) is 7.01. The van der Waals surface area contributed by atoms with Crippen molar-refractivity contribution in [1.82, 2.24) is 9.21 Å². The summed E-state index contributed by atoms with van der Waals surface area (Å²) < 4.78 is 33.3. The van der Waals surface area contributed by atoms with Gasteiger partial charge in [-0.3, -0.25) is 9.69 Å². The highest BCUT2D eigenvalue weighted by molar-refractivity contribution is 7.89. The molecular weight excluding hydrogens is 446 g/mol. The number of sulfonamides is 1. The first-order chi connectivity index (χ1) is 15.5. The molecule has 0 saturated carbocycles. The van der Waals surface area contributed by atoms with Gasteiger partial charge in [0.15, 0.2) is 0 Å². The summed E-state index contributed by atoms with van der Waals surface area (Å²) in [6.45, 7) is 2.20. The summed E-state index contributed by atoms with van der Waals surface area (Å²) in [7, 11) is -2.10. The number of carbonyl (C=O) groups is 1. The Labute approximate surface area is 194 Å². The molecule has 0 aliphatic carbocycles. The first-order valence-corrected chi connectivity index (χ1v) is 13.6. The Kier molecular flexibility index (Phi) is 7.50. The average molecular weight is 478 g/mol. The van der Waals surface area contributed by atoms with E-state index in [4.69, 9.17) is 4.74 Å². The van der Waals surface area contributed by atoms with Crippen LogP contribution in [0.5, 0.6) is 5.75 Å². The molecule has 1 aromatic heterocycles. The Bertz CT molecular complexity index is 1020. The lowest BCUT2D eigenvalue weighted by molar-refractivity contribution is -0.117. The molecule has 0 bridgehead atoms. The highest BCUT2D eigenvalue weighted by atomic mass is 32.2. The van der Waals surface area contributed by atoms with E-state index < -0.39 is 10.0 Å².